The molecule has 1 aromatic rings. The highest BCUT2D eigenvalue weighted by Gasteiger charge is 2.16. The van der Waals surface area contributed by atoms with Gasteiger partial charge in [0.2, 0.25) is 0 Å². The van der Waals surface area contributed by atoms with E-state index in [0.29, 0.717) is 5.56 Å². The topological polar surface area (TPSA) is 89.3 Å². The maximum atomic E-state index is 11.8. The van der Waals surface area contributed by atoms with E-state index in [9.17, 15) is 19.7 Å². The number of nitro benzene ring substituents is 1. The molecule has 0 atom stereocenters. The van der Waals surface area contributed by atoms with Gasteiger partial charge in [-0.3, -0.25) is 19.7 Å². The van der Waals surface area contributed by atoms with Gasteiger partial charge >= 0.3 is 0 Å². The summed E-state index contributed by atoms with van der Waals surface area (Å²) in [5.41, 5.74) is 0.552. The Morgan fingerprint density at radius 1 is 1.37 bits per heavy atom. The van der Waals surface area contributed by atoms with Gasteiger partial charge in [0.15, 0.2) is 5.78 Å². The van der Waals surface area contributed by atoms with Crippen LogP contribution in [-0.2, 0) is 4.79 Å². The van der Waals surface area contributed by atoms with Gasteiger partial charge in [-0.2, -0.15) is 0 Å². The molecule has 0 heterocycles. The summed E-state index contributed by atoms with van der Waals surface area (Å²) in [5, 5.41) is 13.2. The van der Waals surface area contributed by atoms with Gasteiger partial charge in [-0.05, 0) is 13.0 Å². The standard InChI is InChI=1S/C13H16N2O4/c1-8(2)12(16)7-14-13(17)10-5-4-9(3)11(6-10)15(18)19/h4-6,8H,7H2,1-3H3,(H,14,17). The number of carbonyl (C=O) groups excluding carboxylic acids is 2. The molecule has 0 bridgehead atoms. The molecule has 0 aliphatic heterocycles. The van der Waals surface area contributed by atoms with Crippen molar-refractivity contribution in [2.75, 3.05) is 6.54 Å². The number of amides is 1. The molecule has 0 spiro atoms. The minimum absolute atomic E-state index is 0.0713. The lowest BCUT2D eigenvalue weighted by atomic mass is 10.1. The van der Waals surface area contributed by atoms with Crippen molar-refractivity contribution in [2.45, 2.75) is 20.8 Å². The molecule has 102 valence electrons. The van der Waals surface area contributed by atoms with Crippen molar-refractivity contribution in [1.82, 2.24) is 5.32 Å². The molecule has 0 fully saturated rings. The SMILES string of the molecule is Cc1ccc(C(=O)NCC(=O)C(C)C)cc1[N+](=O)[O-]. The fraction of sp³-hybridized carbons (Fsp3) is 0.385. The monoisotopic (exact) mass is 264 g/mol. The lowest BCUT2D eigenvalue weighted by molar-refractivity contribution is -0.385. The van der Waals surface area contributed by atoms with Crippen LogP contribution in [0.5, 0.6) is 0 Å². The highest BCUT2D eigenvalue weighted by molar-refractivity contribution is 5.97. The largest absolute Gasteiger partial charge is 0.345 e. The first kappa shape index (κ1) is 14.8. The van der Waals surface area contributed by atoms with E-state index in [-0.39, 0.29) is 29.5 Å². The smallest absolute Gasteiger partial charge is 0.273 e. The molecule has 0 aliphatic carbocycles. The second kappa shape index (κ2) is 6.08. The van der Waals surface area contributed by atoms with Crippen LogP contribution in [0.15, 0.2) is 18.2 Å². The van der Waals surface area contributed by atoms with Crippen LogP contribution in [0.25, 0.3) is 0 Å². The highest BCUT2D eigenvalue weighted by atomic mass is 16.6. The third-order valence-electron chi connectivity index (χ3n) is 2.74. The number of nitrogens with one attached hydrogen (secondary N) is 1. The first-order valence-corrected chi connectivity index (χ1v) is 5.89. The van der Waals surface area contributed by atoms with Gasteiger partial charge in [0.05, 0.1) is 11.5 Å². The fourth-order valence-electron chi connectivity index (χ4n) is 1.42. The van der Waals surface area contributed by atoms with Crippen LogP contribution in [-0.4, -0.2) is 23.2 Å². The van der Waals surface area contributed by atoms with E-state index in [1.54, 1.807) is 20.8 Å². The summed E-state index contributed by atoms with van der Waals surface area (Å²) in [5.74, 6) is -0.736. The zero-order valence-corrected chi connectivity index (χ0v) is 11.1. The lowest BCUT2D eigenvalue weighted by Crippen LogP contribution is -2.31. The summed E-state index contributed by atoms with van der Waals surface area (Å²) in [4.78, 5) is 33.4. The van der Waals surface area contributed by atoms with Crippen molar-refractivity contribution >= 4 is 17.4 Å². The average Bonchev–Trinajstić information content (AvgIpc) is 2.35. The van der Waals surface area contributed by atoms with Crippen LogP contribution in [0.1, 0.15) is 29.8 Å². The van der Waals surface area contributed by atoms with Crippen LogP contribution >= 0.6 is 0 Å². The van der Waals surface area contributed by atoms with Crippen LogP contribution < -0.4 is 5.32 Å². The molecule has 0 radical (unpaired) electrons. The Balaban J connectivity index is 2.81. The van der Waals surface area contributed by atoms with Crippen molar-refractivity contribution in [3.05, 3.63) is 39.4 Å². The van der Waals surface area contributed by atoms with E-state index < -0.39 is 10.8 Å². The number of Topliss-reactive ketones (excluding diaryl/α,β-unsaturated/α-hetero) is 1. The van der Waals surface area contributed by atoms with E-state index in [2.05, 4.69) is 5.32 Å². The molecule has 0 unspecified atom stereocenters. The third-order valence-corrected chi connectivity index (χ3v) is 2.74. The Morgan fingerprint density at radius 2 is 2.00 bits per heavy atom. The lowest BCUT2D eigenvalue weighted by Gasteiger charge is -2.07. The minimum atomic E-state index is -0.536. The molecule has 6 heteroatoms. The van der Waals surface area contributed by atoms with Crippen molar-refractivity contribution in [2.24, 2.45) is 5.92 Å². The van der Waals surface area contributed by atoms with Crippen LogP contribution in [0, 0.1) is 23.0 Å². The molecule has 19 heavy (non-hydrogen) atoms. The van der Waals surface area contributed by atoms with Gasteiger partial charge in [-0.1, -0.05) is 19.9 Å². The van der Waals surface area contributed by atoms with E-state index >= 15 is 0 Å². The number of hydrogen-bond donors (Lipinski definition) is 1. The zero-order chi connectivity index (χ0) is 14.6. The number of nitro groups is 1. The summed E-state index contributed by atoms with van der Waals surface area (Å²) < 4.78 is 0. The Kier molecular flexibility index (Phi) is 4.74. The molecule has 1 amide bonds. The number of benzene rings is 1. The van der Waals surface area contributed by atoms with Gasteiger partial charge in [-0.15, -0.1) is 0 Å². The Morgan fingerprint density at radius 3 is 2.53 bits per heavy atom. The average molecular weight is 264 g/mol. The number of rotatable bonds is 5. The molecule has 0 saturated heterocycles. The number of ketones is 1. The molecule has 6 nitrogen and oxygen atoms in total. The second-order valence-corrected chi connectivity index (χ2v) is 4.56. The molecule has 1 rings (SSSR count). The highest BCUT2D eigenvalue weighted by Crippen LogP contribution is 2.19. The van der Waals surface area contributed by atoms with Crippen molar-refractivity contribution in [3.8, 4) is 0 Å². The van der Waals surface area contributed by atoms with Crippen LogP contribution in [0.4, 0.5) is 5.69 Å². The van der Waals surface area contributed by atoms with Crippen molar-refractivity contribution < 1.29 is 14.5 Å². The summed E-state index contributed by atoms with van der Waals surface area (Å²) in [6, 6.07) is 4.22. The van der Waals surface area contributed by atoms with Crippen molar-refractivity contribution in [3.63, 3.8) is 0 Å². The van der Waals surface area contributed by atoms with Gasteiger partial charge in [0.25, 0.3) is 11.6 Å². The minimum Gasteiger partial charge on any atom is -0.345 e. The molecular weight excluding hydrogens is 248 g/mol. The van der Waals surface area contributed by atoms with E-state index in [4.69, 9.17) is 0 Å². The van der Waals surface area contributed by atoms with Gasteiger partial charge in [-0.25, -0.2) is 0 Å². The summed E-state index contributed by atoms with van der Waals surface area (Å²) >= 11 is 0. The van der Waals surface area contributed by atoms with E-state index in [1.807, 2.05) is 0 Å². The summed E-state index contributed by atoms with van der Waals surface area (Å²) in [7, 11) is 0. The molecule has 0 aromatic heterocycles. The quantitative estimate of drug-likeness (QED) is 0.649. The molecule has 1 aromatic carbocycles. The van der Waals surface area contributed by atoms with Crippen LogP contribution in [0.3, 0.4) is 0 Å². The molecular formula is C13H16N2O4. The number of hydrogen-bond acceptors (Lipinski definition) is 4. The number of aryl methyl sites for hydroxylation is 1. The van der Waals surface area contributed by atoms with Crippen LogP contribution in [0.2, 0.25) is 0 Å². The first-order valence-electron chi connectivity index (χ1n) is 5.89. The zero-order valence-electron chi connectivity index (χ0n) is 11.1. The molecule has 0 aliphatic rings. The number of nitrogens with zero attached hydrogens (tertiary/aromatic N) is 1. The summed E-state index contributed by atoms with van der Waals surface area (Å²) in [6.07, 6.45) is 0. The van der Waals surface area contributed by atoms with E-state index in [0.717, 1.165) is 0 Å². The second-order valence-electron chi connectivity index (χ2n) is 4.56. The first-order chi connectivity index (χ1) is 8.82. The third kappa shape index (κ3) is 3.87. The van der Waals surface area contributed by atoms with Gasteiger partial charge < -0.3 is 5.32 Å². The maximum absolute atomic E-state index is 11.8. The predicted octanol–water partition coefficient (Wildman–Crippen LogP) is 1.86. The molecule has 0 saturated carbocycles. The number of carbonyl (C=O) groups is 2. The Bertz CT molecular complexity index is 523. The van der Waals surface area contributed by atoms with Gasteiger partial charge in [0.1, 0.15) is 0 Å². The predicted molar refractivity (Wildman–Crippen MR) is 70.0 cm³/mol. The Labute approximate surface area is 111 Å². The fourth-order valence-corrected chi connectivity index (χ4v) is 1.42. The van der Waals surface area contributed by atoms with Crippen molar-refractivity contribution in [1.29, 1.82) is 0 Å². The maximum Gasteiger partial charge on any atom is 0.273 e. The summed E-state index contributed by atoms with van der Waals surface area (Å²) in [6.45, 7) is 5.01. The van der Waals surface area contributed by atoms with Gasteiger partial charge in [0, 0.05) is 23.1 Å². The molecule has 1 N–H and O–H groups in total. The van der Waals surface area contributed by atoms with E-state index in [1.165, 1.54) is 18.2 Å². The Hall–Kier alpha value is -2.24. The normalized spacial score (nSPS) is 10.3.